The highest BCUT2D eigenvalue weighted by Gasteiger charge is 2.10. The van der Waals surface area contributed by atoms with E-state index >= 15 is 0 Å². The van der Waals surface area contributed by atoms with Gasteiger partial charge in [-0.1, -0.05) is 30.3 Å². The maximum absolute atomic E-state index is 12.4. The molecule has 136 valence electrons. The van der Waals surface area contributed by atoms with Crippen molar-refractivity contribution in [3.63, 3.8) is 0 Å². The smallest absolute Gasteiger partial charge is 0.224 e. The van der Waals surface area contributed by atoms with Crippen LogP contribution in [0.4, 0.5) is 5.69 Å². The van der Waals surface area contributed by atoms with Gasteiger partial charge in [0.25, 0.3) is 0 Å². The average molecular weight is 359 g/mol. The van der Waals surface area contributed by atoms with E-state index < -0.39 is 0 Å². The van der Waals surface area contributed by atoms with E-state index in [1.54, 1.807) is 6.33 Å². The number of nitrogens with one attached hydrogen (secondary N) is 2. The van der Waals surface area contributed by atoms with E-state index in [0.717, 1.165) is 34.7 Å². The number of hydrogen-bond donors (Lipinski definition) is 2. The Bertz CT molecular complexity index is 1080. The van der Waals surface area contributed by atoms with Crippen molar-refractivity contribution >= 4 is 22.5 Å². The van der Waals surface area contributed by atoms with Crippen LogP contribution < -0.4 is 5.32 Å². The van der Waals surface area contributed by atoms with Gasteiger partial charge in [0.15, 0.2) is 5.82 Å². The van der Waals surface area contributed by atoms with Crippen LogP contribution in [0.25, 0.3) is 22.3 Å². The topological polar surface area (TPSA) is 75.6 Å². The zero-order valence-corrected chi connectivity index (χ0v) is 15.1. The number of H-pyrrole nitrogens is 1. The fourth-order valence-corrected chi connectivity index (χ4v) is 3.26. The number of para-hydroxylation sites is 1. The quantitative estimate of drug-likeness (QED) is 0.546. The van der Waals surface area contributed by atoms with Crippen molar-refractivity contribution in [1.82, 2.24) is 19.7 Å². The van der Waals surface area contributed by atoms with Gasteiger partial charge in [-0.05, 0) is 37.1 Å². The molecule has 0 aliphatic carbocycles. The van der Waals surface area contributed by atoms with Crippen LogP contribution in [0.5, 0.6) is 0 Å². The Morgan fingerprint density at radius 2 is 2.07 bits per heavy atom. The number of aromatic amines is 1. The lowest BCUT2D eigenvalue weighted by Gasteiger charge is -2.08. The van der Waals surface area contributed by atoms with E-state index in [4.69, 9.17) is 0 Å². The van der Waals surface area contributed by atoms with Gasteiger partial charge < -0.3 is 14.9 Å². The maximum atomic E-state index is 12.4. The van der Waals surface area contributed by atoms with Crippen LogP contribution in [0.1, 0.15) is 18.9 Å². The SMILES string of the molecule is CCn1cnnc1-c1cccc(NC(=O)CCc2c[nH]c3ccccc23)c1. The van der Waals surface area contributed by atoms with Gasteiger partial charge in [0.1, 0.15) is 6.33 Å². The van der Waals surface area contributed by atoms with Crippen molar-refractivity contribution < 1.29 is 4.79 Å². The Morgan fingerprint density at radius 3 is 2.96 bits per heavy atom. The summed E-state index contributed by atoms with van der Waals surface area (Å²) in [5.41, 5.74) is 3.96. The fraction of sp³-hybridized carbons (Fsp3) is 0.190. The predicted octanol–water partition coefficient (Wildman–Crippen LogP) is 4.02. The Kier molecular flexibility index (Phi) is 4.70. The minimum atomic E-state index is -0.00519. The first-order valence-electron chi connectivity index (χ1n) is 9.07. The molecule has 4 rings (SSSR count). The molecule has 0 unspecified atom stereocenters. The van der Waals surface area contributed by atoms with Crippen LogP contribution in [0.3, 0.4) is 0 Å². The molecule has 0 saturated carbocycles. The molecule has 0 aliphatic rings. The Hall–Kier alpha value is -3.41. The van der Waals surface area contributed by atoms with E-state index in [1.165, 1.54) is 5.39 Å². The van der Waals surface area contributed by atoms with Crippen LogP contribution in [-0.4, -0.2) is 25.7 Å². The summed E-state index contributed by atoms with van der Waals surface area (Å²) in [4.78, 5) is 15.7. The standard InChI is InChI=1S/C21H21N5O/c1-2-26-14-23-25-21(26)15-6-5-7-17(12-15)24-20(27)11-10-16-13-22-19-9-4-3-8-18(16)19/h3-9,12-14,22H,2,10-11H2,1H3,(H,24,27). The Balaban J connectivity index is 1.43. The van der Waals surface area contributed by atoms with E-state index in [9.17, 15) is 4.79 Å². The van der Waals surface area contributed by atoms with Crippen LogP contribution in [-0.2, 0) is 17.8 Å². The summed E-state index contributed by atoms with van der Waals surface area (Å²) in [7, 11) is 0. The number of hydrogen-bond acceptors (Lipinski definition) is 3. The second kappa shape index (κ2) is 7.45. The number of aryl methyl sites for hydroxylation is 2. The molecular weight excluding hydrogens is 338 g/mol. The molecule has 0 fully saturated rings. The third-order valence-electron chi connectivity index (χ3n) is 4.66. The molecule has 0 aliphatic heterocycles. The highest BCUT2D eigenvalue weighted by Crippen LogP contribution is 2.22. The molecule has 6 nitrogen and oxygen atoms in total. The molecule has 2 heterocycles. The molecule has 2 N–H and O–H groups in total. The minimum absolute atomic E-state index is 0.00519. The largest absolute Gasteiger partial charge is 0.361 e. The van der Waals surface area contributed by atoms with Crippen molar-refractivity contribution in [2.75, 3.05) is 5.32 Å². The predicted molar refractivity (Wildman–Crippen MR) is 106 cm³/mol. The number of fused-ring (bicyclic) bond motifs is 1. The zero-order valence-electron chi connectivity index (χ0n) is 15.1. The number of rotatable bonds is 6. The molecule has 0 atom stereocenters. The van der Waals surface area contributed by atoms with Crippen LogP contribution >= 0.6 is 0 Å². The molecule has 1 amide bonds. The number of benzene rings is 2. The summed E-state index contributed by atoms with van der Waals surface area (Å²) >= 11 is 0. The first-order valence-corrected chi connectivity index (χ1v) is 9.07. The number of anilines is 1. The van der Waals surface area contributed by atoms with E-state index in [-0.39, 0.29) is 5.91 Å². The van der Waals surface area contributed by atoms with Gasteiger partial charge in [-0.2, -0.15) is 0 Å². The summed E-state index contributed by atoms with van der Waals surface area (Å²) in [5, 5.41) is 12.3. The molecule has 0 radical (unpaired) electrons. The summed E-state index contributed by atoms with van der Waals surface area (Å²) in [6.45, 7) is 2.84. The van der Waals surface area contributed by atoms with Crippen molar-refractivity contribution in [1.29, 1.82) is 0 Å². The van der Waals surface area contributed by atoms with Gasteiger partial charge in [-0.25, -0.2) is 0 Å². The second-order valence-corrected chi connectivity index (χ2v) is 6.43. The summed E-state index contributed by atoms with van der Waals surface area (Å²) in [6, 6.07) is 15.8. The molecule has 4 aromatic rings. The van der Waals surface area contributed by atoms with Gasteiger partial charge in [0.05, 0.1) is 0 Å². The third kappa shape index (κ3) is 3.60. The Labute approximate surface area is 157 Å². The van der Waals surface area contributed by atoms with Crippen LogP contribution in [0, 0.1) is 0 Å². The summed E-state index contributed by atoms with van der Waals surface area (Å²) in [6.07, 6.45) is 4.81. The van der Waals surface area contributed by atoms with E-state index in [1.807, 2.05) is 60.2 Å². The lowest BCUT2D eigenvalue weighted by molar-refractivity contribution is -0.116. The number of carbonyl (C=O) groups excluding carboxylic acids is 1. The summed E-state index contributed by atoms with van der Waals surface area (Å²) < 4.78 is 1.97. The highest BCUT2D eigenvalue weighted by molar-refractivity contribution is 5.92. The molecular formula is C21H21N5O. The van der Waals surface area contributed by atoms with Gasteiger partial charge in [-0.3, -0.25) is 4.79 Å². The second-order valence-electron chi connectivity index (χ2n) is 6.43. The number of aromatic nitrogens is 4. The van der Waals surface area contributed by atoms with Crippen molar-refractivity contribution in [2.45, 2.75) is 26.3 Å². The number of carbonyl (C=O) groups is 1. The normalized spacial score (nSPS) is 11.0. The fourth-order valence-electron chi connectivity index (χ4n) is 3.26. The molecule has 6 heteroatoms. The molecule has 2 aromatic heterocycles. The highest BCUT2D eigenvalue weighted by atomic mass is 16.1. The van der Waals surface area contributed by atoms with E-state index in [2.05, 4.69) is 26.6 Å². The Morgan fingerprint density at radius 1 is 1.19 bits per heavy atom. The van der Waals surface area contributed by atoms with E-state index in [0.29, 0.717) is 12.8 Å². The molecule has 2 aromatic carbocycles. The monoisotopic (exact) mass is 359 g/mol. The van der Waals surface area contributed by atoms with Gasteiger partial charge in [-0.15, -0.1) is 10.2 Å². The van der Waals surface area contributed by atoms with Gasteiger partial charge >= 0.3 is 0 Å². The van der Waals surface area contributed by atoms with Gasteiger partial charge in [0, 0.05) is 41.3 Å². The first-order chi connectivity index (χ1) is 13.2. The lowest BCUT2D eigenvalue weighted by atomic mass is 10.1. The van der Waals surface area contributed by atoms with Crippen molar-refractivity contribution in [3.8, 4) is 11.4 Å². The first kappa shape index (κ1) is 17.0. The number of amides is 1. The van der Waals surface area contributed by atoms with Crippen molar-refractivity contribution in [3.05, 3.63) is 66.6 Å². The molecule has 0 spiro atoms. The van der Waals surface area contributed by atoms with Crippen molar-refractivity contribution in [2.24, 2.45) is 0 Å². The van der Waals surface area contributed by atoms with Crippen LogP contribution in [0.15, 0.2) is 61.1 Å². The lowest BCUT2D eigenvalue weighted by Crippen LogP contribution is -2.12. The summed E-state index contributed by atoms with van der Waals surface area (Å²) in [5.74, 6) is 0.793. The molecule has 27 heavy (non-hydrogen) atoms. The van der Waals surface area contributed by atoms with Crippen LogP contribution in [0.2, 0.25) is 0 Å². The maximum Gasteiger partial charge on any atom is 0.224 e. The molecule has 0 bridgehead atoms. The molecule has 0 saturated heterocycles. The van der Waals surface area contributed by atoms with Gasteiger partial charge in [0.2, 0.25) is 5.91 Å². The zero-order chi connectivity index (χ0) is 18.6. The minimum Gasteiger partial charge on any atom is -0.361 e. The number of nitrogens with zero attached hydrogens (tertiary/aromatic N) is 3. The third-order valence-corrected chi connectivity index (χ3v) is 4.66. The average Bonchev–Trinajstić information content (AvgIpc) is 3.33.